The Morgan fingerprint density at radius 2 is 2.38 bits per heavy atom. The number of hydrogen-bond acceptors (Lipinski definition) is 2. The summed E-state index contributed by atoms with van der Waals surface area (Å²) in [4.78, 5) is 4.90. The van der Waals surface area contributed by atoms with E-state index in [-0.39, 0.29) is 0 Å². The second kappa shape index (κ2) is 4.91. The zero-order chi connectivity index (χ0) is 6.41. The van der Waals surface area contributed by atoms with Gasteiger partial charge in [-0.05, 0) is 18.2 Å². The second-order valence-electron chi connectivity index (χ2n) is 1.38. The molecule has 0 saturated heterocycles. The fourth-order valence-electron chi connectivity index (χ4n) is 0.252. The smallest absolute Gasteiger partial charge is 0.0356 e. The van der Waals surface area contributed by atoms with Crippen LogP contribution in [-0.2, 0) is 0 Å². The van der Waals surface area contributed by atoms with Gasteiger partial charge in [-0.1, -0.05) is 6.92 Å². The first-order valence-electron chi connectivity index (χ1n) is 2.67. The van der Waals surface area contributed by atoms with E-state index in [1.807, 2.05) is 13.8 Å². The highest BCUT2D eigenvalue weighted by molar-refractivity contribution is 7.84. The number of hydrogen-bond donors (Lipinski definition) is 1. The summed E-state index contributed by atoms with van der Waals surface area (Å²) in [5.41, 5.74) is 0. The molecule has 0 aliphatic carbocycles. The van der Waals surface area contributed by atoms with Crippen LogP contribution in [0.2, 0.25) is 0 Å². The molecule has 0 unspecified atom stereocenters. The van der Waals surface area contributed by atoms with Crippen LogP contribution >= 0.6 is 12.6 Å². The molecule has 0 radical (unpaired) electrons. The Kier molecular flexibility index (Phi) is 4.76. The van der Waals surface area contributed by atoms with Crippen molar-refractivity contribution in [2.45, 2.75) is 20.3 Å². The minimum Gasteiger partial charge on any atom is -0.269 e. The Hall–Kier alpha value is -0.240. The summed E-state index contributed by atoms with van der Waals surface area (Å²) in [6.45, 7) is 3.93. The highest BCUT2D eigenvalue weighted by Crippen LogP contribution is 2.03. The first-order chi connectivity index (χ1) is 3.81. The molecule has 0 aromatic carbocycles. The summed E-state index contributed by atoms with van der Waals surface area (Å²) < 4.78 is 0. The van der Waals surface area contributed by atoms with Crippen molar-refractivity contribution in [1.29, 1.82) is 0 Å². The molecule has 0 aliphatic rings. The van der Waals surface area contributed by atoms with Crippen LogP contribution in [0.5, 0.6) is 0 Å². The minimum atomic E-state index is 0.959. The molecular weight excluding hydrogens is 118 g/mol. The van der Waals surface area contributed by atoms with Gasteiger partial charge in [-0.2, -0.15) is 0 Å². The third kappa shape index (κ3) is 3.93. The molecule has 8 heavy (non-hydrogen) atoms. The standard InChI is InChI=1S/C6H11NS/c1-3-6(8)5-7-4-2/h4-5,8H,3H2,1-2H3/b6-5-,7-4?. The maximum Gasteiger partial charge on any atom is 0.0356 e. The van der Waals surface area contributed by atoms with Crippen LogP contribution in [0.3, 0.4) is 0 Å². The molecule has 2 heteroatoms. The van der Waals surface area contributed by atoms with Crippen molar-refractivity contribution in [3.05, 3.63) is 11.1 Å². The summed E-state index contributed by atoms with van der Waals surface area (Å²) >= 11 is 4.11. The monoisotopic (exact) mass is 129 g/mol. The van der Waals surface area contributed by atoms with Gasteiger partial charge in [0, 0.05) is 12.4 Å². The summed E-state index contributed by atoms with van der Waals surface area (Å²) in [5.74, 6) is 0. The fourth-order valence-corrected chi connectivity index (χ4v) is 0.319. The van der Waals surface area contributed by atoms with E-state index < -0.39 is 0 Å². The van der Waals surface area contributed by atoms with Crippen molar-refractivity contribution in [2.24, 2.45) is 4.99 Å². The van der Waals surface area contributed by atoms with Gasteiger partial charge in [0.2, 0.25) is 0 Å². The SMILES string of the molecule is CC=N/C=C(\S)CC. The zero-order valence-electron chi connectivity index (χ0n) is 5.26. The number of aliphatic imine (C=N–C) groups is 1. The lowest BCUT2D eigenvalue weighted by atomic mass is 10.5. The highest BCUT2D eigenvalue weighted by Gasteiger charge is 1.77. The van der Waals surface area contributed by atoms with Crippen LogP contribution in [0.1, 0.15) is 20.3 Å². The Labute approximate surface area is 55.9 Å². The normalized spacial score (nSPS) is 13.1. The lowest BCUT2D eigenvalue weighted by Gasteiger charge is -1.85. The molecule has 0 atom stereocenters. The van der Waals surface area contributed by atoms with Gasteiger partial charge in [0.25, 0.3) is 0 Å². The predicted molar refractivity (Wildman–Crippen MR) is 41.5 cm³/mol. The molecule has 0 N–H and O–H groups in total. The van der Waals surface area contributed by atoms with Crippen molar-refractivity contribution >= 4 is 18.8 Å². The van der Waals surface area contributed by atoms with Crippen LogP contribution in [0.25, 0.3) is 0 Å². The van der Waals surface area contributed by atoms with Crippen LogP contribution in [0.15, 0.2) is 16.1 Å². The van der Waals surface area contributed by atoms with Gasteiger partial charge in [0.15, 0.2) is 0 Å². The van der Waals surface area contributed by atoms with Gasteiger partial charge in [-0.15, -0.1) is 12.6 Å². The van der Waals surface area contributed by atoms with E-state index in [1.54, 1.807) is 12.4 Å². The van der Waals surface area contributed by atoms with E-state index in [0.717, 1.165) is 11.3 Å². The summed E-state index contributed by atoms with van der Waals surface area (Å²) in [6.07, 6.45) is 4.45. The van der Waals surface area contributed by atoms with Gasteiger partial charge in [-0.3, -0.25) is 4.99 Å². The topological polar surface area (TPSA) is 12.4 Å². The molecular formula is C6H11NS. The highest BCUT2D eigenvalue weighted by atomic mass is 32.1. The van der Waals surface area contributed by atoms with E-state index in [1.165, 1.54) is 0 Å². The minimum absolute atomic E-state index is 0.959. The summed E-state index contributed by atoms with van der Waals surface area (Å²) in [5, 5.41) is 0. The van der Waals surface area contributed by atoms with Crippen molar-refractivity contribution in [1.82, 2.24) is 0 Å². The third-order valence-corrected chi connectivity index (χ3v) is 1.17. The molecule has 0 fully saturated rings. The summed E-state index contributed by atoms with van der Waals surface area (Å²) in [6, 6.07) is 0. The Morgan fingerprint density at radius 3 is 2.75 bits per heavy atom. The van der Waals surface area contributed by atoms with E-state index in [4.69, 9.17) is 0 Å². The molecule has 0 aromatic heterocycles. The molecule has 0 saturated carbocycles. The largest absolute Gasteiger partial charge is 0.269 e. The van der Waals surface area contributed by atoms with Crippen molar-refractivity contribution in [2.75, 3.05) is 0 Å². The number of nitrogens with zero attached hydrogens (tertiary/aromatic N) is 1. The van der Waals surface area contributed by atoms with E-state index in [2.05, 4.69) is 17.6 Å². The maximum absolute atomic E-state index is 4.11. The second-order valence-corrected chi connectivity index (χ2v) is 1.96. The van der Waals surface area contributed by atoms with Crippen LogP contribution < -0.4 is 0 Å². The average molecular weight is 129 g/mol. The van der Waals surface area contributed by atoms with Crippen molar-refractivity contribution < 1.29 is 0 Å². The Bertz CT molecular complexity index is 105. The van der Waals surface area contributed by atoms with E-state index in [9.17, 15) is 0 Å². The van der Waals surface area contributed by atoms with Crippen molar-refractivity contribution in [3.8, 4) is 0 Å². The molecule has 1 nitrogen and oxygen atoms in total. The quantitative estimate of drug-likeness (QED) is 0.434. The van der Waals surface area contributed by atoms with Crippen LogP contribution in [-0.4, -0.2) is 6.21 Å². The molecule has 0 heterocycles. The Balaban J connectivity index is 3.57. The maximum atomic E-state index is 4.11. The first-order valence-corrected chi connectivity index (χ1v) is 3.11. The fraction of sp³-hybridized carbons (Fsp3) is 0.500. The number of allylic oxidation sites excluding steroid dienone is 1. The zero-order valence-corrected chi connectivity index (χ0v) is 6.15. The molecule has 0 spiro atoms. The lowest BCUT2D eigenvalue weighted by Crippen LogP contribution is -1.63. The Morgan fingerprint density at radius 1 is 1.75 bits per heavy atom. The van der Waals surface area contributed by atoms with Crippen LogP contribution in [0, 0.1) is 0 Å². The molecule has 0 aromatic rings. The van der Waals surface area contributed by atoms with Gasteiger partial charge in [-0.25, -0.2) is 0 Å². The molecule has 0 amide bonds. The van der Waals surface area contributed by atoms with Gasteiger partial charge >= 0.3 is 0 Å². The molecule has 46 valence electrons. The van der Waals surface area contributed by atoms with E-state index >= 15 is 0 Å². The van der Waals surface area contributed by atoms with Crippen LogP contribution in [0.4, 0.5) is 0 Å². The van der Waals surface area contributed by atoms with Gasteiger partial charge in [0.05, 0.1) is 0 Å². The third-order valence-electron chi connectivity index (χ3n) is 0.735. The number of rotatable bonds is 2. The number of thiol groups is 1. The van der Waals surface area contributed by atoms with Gasteiger partial charge in [0.1, 0.15) is 0 Å². The van der Waals surface area contributed by atoms with Gasteiger partial charge < -0.3 is 0 Å². The summed E-state index contributed by atoms with van der Waals surface area (Å²) in [7, 11) is 0. The molecule has 0 rings (SSSR count). The molecule has 0 bridgehead atoms. The molecule has 0 aliphatic heterocycles. The van der Waals surface area contributed by atoms with E-state index in [0.29, 0.717) is 0 Å². The van der Waals surface area contributed by atoms with Crippen molar-refractivity contribution in [3.63, 3.8) is 0 Å². The predicted octanol–water partition coefficient (Wildman–Crippen LogP) is 2.26. The average Bonchev–Trinajstić information content (AvgIpc) is 1.83. The lowest BCUT2D eigenvalue weighted by molar-refractivity contribution is 1.19. The first kappa shape index (κ1) is 7.76.